The van der Waals surface area contributed by atoms with E-state index in [9.17, 15) is 4.79 Å². The lowest BCUT2D eigenvalue weighted by Crippen LogP contribution is -2.51. The summed E-state index contributed by atoms with van der Waals surface area (Å²) in [6.07, 6.45) is 0.170. The number of amides is 2. The molecule has 1 N–H and O–H groups in total. The summed E-state index contributed by atoms with van der Waals surface area (Å²) in [6, 6.07) is 15.7. The monoisotopic (exact) mass is 387 g/mol. The molecule has 1 fully saturated rings. The minimum absolute atomic E-state index is 0.0461. The third kappa shape index (κ3) is 5.30. The van der Waals surface area contributed by atoms with E-state index in [2.05, 4.69) is 22.3 Å². The Balaban J connectivity index is 1.48. The summed E-state index contributed by atoms with van der Waals surface area (Å²) in [7, 11) is 0. The van der Waals surface area contributed by atoms with Crippen LogP contribution in [0.1, 0.15) is 19.4 Å². The first-order valence-electron chi connectivity index (χ1n) is 9.31. The molecule has 2 aromatic rings. The lowest BCUT2D eigenvalue weighted by atomic mass is 10.2. The Kier molecular flexibility index (Phi) is 6.45. The molecule has 0 spiro atoms. The van der Waals surface area contributed by atoms with Crippen molar-refractivity contribution < 1.29 is 9.53 Å². The van der Waals surface area contributed by atoms with Gasteiger partial charge >= 0.3 is 6.03 Å². The van der Waals surface area contributed by atoms with Gasteiger partial charge in [0.1, 0.15) is 5.75 Å². The second-order valence-electron chi connectivity index (χ2n) is 6.88. The van der Waals surface area contributed by atoms with Crippen LogP contribution in [0.3, 0.4) is 0 Å². The van der Waals surface area contributed by atoms with Crippen LogP contribution in [0.4, 0.5) is 10.5 Å². The molecule has 144 valence electrons. The van der Waals surface area contributed by atoms with E-state index in [1.54, 1.807) is 0 Å². The van der Waals surface area contributed by atoms with Gasteiger partial charge in [0, 0.05) is 43.4 Å². The third-order valence-corrected chi connectivity index (χ3v) is 4.90. The highest BCUT2D eigenvalue weighted by atomic mass is 35.5. The number of hydrogen-bond donors (Lipinski definition) is 1. The van der Waals surface area contributed by atoms with Crippen LogP contribution >= 0.6 is 11.6 Å². The summed E-state index contributed by atoms with van der Waals surface area (Å²) in [5.41, 5.74) is 2.08. The van der Waals surface area contributed by atoms with Gasteiger partial charge in [0.25, 0.3) is 0 Å². The SMILES string of the molecule is CC(C)Oc1ccc(N2CCN(C(=O)NCc3ccccc3Cl)CC2)cc1. The zero-order valence-corrected chi connectivity index (χ0v) is 16.6. The zero-order chi connectivity index (χ0) is 19.2. The average molecular weight is 388 g/mol. The number of urea groups is 1. The molecule has 1 aliphatic heterocycles. The quantitative estimate of drug-likeness (QED) is 0.837. The Morgan fingerprint density at radius 2 is 1.74 bits per heavy atom. The van der Waals surface area contributed by atoms with Gasteiger partial charge in [-0.3, -0.25) is 0 Å². The standard InChI is InChI=1S/C21H26ClN3O2/c1-16(2)27-19-9-7-18(8-10-19)24-11-13-25(14-12-24)21(26)23-15-17-5-3-4-6-20(17)22/h3-10,16H,11-15H2,1-2H3,(H,23,26). The van der Waals surface area contributed by atoms with Gasteiger partial charge in [0.2, 0.25) is 0 Å². The zero-order valence-electron chi connectivity index (χ0n) is 15.8. The van der Waals surface area contributed by atoms with E-state index < -0.39 is 0 Å². The van der Waals surface area contributed by atoms with E-state index in [-0.39, 0.29) is 12.1 Å². The first kappa shape index (κ1) is 19.4. The van der Waals surface area contributed by atoms with Crippen LogP contribution in [-0.4, -0.2) is 43.2 Å². The van der Waals surface area contributed by atoms with Gasteiger partial charge < -0.3 is 19.9 Å². The summed E-state index contributed by atoms with van der Waals surface area (Å²) in [6.45, 7) is 7.48. The van der Waals surface area contributed by atoms with E-state index in [0.29, 0.717) is 24.7 Å². The van der Waals surface area contributed by atoms with Crippen LogP contribution in [0.15, 0.2) is 48.5 Å². The fraction of sp³-hybridized carbons (Fsp3) is 0.381. The van der Waals surface area contributed by atoms with Crippen LogP contribution in [0, 0.1) is 0 Å². The second-order valence-corrected chi connectivity index (χ2v) is 7.29. The highest BCUT2D eigenvalue weighted by Gasteiger charge is 2.21. The van der Waals surface area contributed by atoms with Crippen molar-refractivity contribution in [3.05, 3.63) is 59.1 Å². The number of anilines is 1. The van der Waals surface area contributed by atoms with E-state index >= 15 is 0 Å². The topological polar surface area (TPSA) is 44.8 Å². The minimum atomic E-state index is -0.0461. The molecule has 2 aromatic carbocycles. The molecule has 5 nitrogen and oxygen atoms in total. The number of rotatable bonds is 5. The van der Waals surface area contributed by atoms with Crippen molar-refractivity contribution in [1.29, 1.82) is 0 Å². The van der Waals surface area contributed by atoms with Gasteiger partial charge in [-0.2, -0.15) is 0 Å². The highest BCUT2D eigenvalue weighted by molar-refractivity contribution is 6.31. The predicted octanol–water partition coefficient (Wildman–Crippen LogP) is 4.16. The summed E-state index contributed by atoms with van der Waals surface area (Å²) >= 11 is 6.14. The molecule has 0 saturated carbocycles. The number of halogens is 1. The Labute approximate surface area is 165 Å². The van der Waals surface area contributed by atoms with Crippen molar-refractivity contribution in [3.8, 4) is 5.75 Å². The van der Waals surface area contributed by atoms with Crippen LogP contribution in [0.5, 0.6) is 5.75 Å². The predicted molar refractivity (Wildman–Crippen MR) is 110 cm³/mol. The van der Waals surface area contributed by atoms with Crippen LogP contribution in [-0.2, 0) is 6.54 Å². The second kappa shape index (κ2) is 9.00. The van der Waals surface area contributed by atoms with Gasteiger partial charge in [-0.15, -0.1) is 0 Å². The molecule has 6 heteroatoms. The molecule has 0 bridgehead atoms. The van der Waals surface area contributed by atoms with Gasteiger partial charge in [-0.1, -0.05) is 29.8 Å². The van der Waals surface area contributed by atoms with Gasteiger partial charge in [-0.05, 0) is 49.7 Å². The van der Waals surface area contributed by atoms with E-state index in [1.807, 2.05) is 55.1 Å². The van der Waals surface area contributed by atoms with Crippen molar-refractivity contribution in [1.82, 2.24) is 10.2 Å². The number of piperazine rings is 1. The highest BCUT2D eigenvalue weighted by Crippen LogP contribution is 2.21. The number of ether oxygens (including phenoxy) is 1. The van der Waals surface area contributed by atoms with Crippen molar-refractivity contribution in [2.24, 2.45) is 0 Å². The first-order chi connectivity index (χ1) is 13.0. The summed E-state index contributed by atoms with van der Waals surface area (Å²) < 4.78 is 5.69. The summed E-state index contributed by atoms with van der Waals surface area (Å²) in [5, 5.41) is 3.63. The molecule has 2 amide bonds. The Morgan fingerprint density at radius 3 is 2.37 bits per heavy atom. The van der Waals surface area contributed by atoms with Crippen molar-refractivity contribution in [2.45, 2.75) is 26.5 Å². The number of nitrogens with zero attached hydrogens (tertiary/aromatic N) is 2. The summed E-state index contributed by atoms with van der Waals surface area (Å²) in [4.78, 5) is 16.5. The molecular weight excluding hydrogens is 362 g/mol. The van der Waals surface area contributed by atoms with Crippen LogP contribution < -0.4 is 15.0 Å². The van der Waals surface area contributed by atoms with Gasteiger partial charge in [-0.25, -0.2) is 4.79 Å². The van der Waals surface area contributed by atoms with Gasteiger partial charge in [0.05, 0.1) is 6.10 Å². The lowest BCUT2D eigenvalue weighted by molar-refractivity contribution is 0.194. The van der Waals surface area contributed by atoms with E-state index in [1.165, 1.54) is 0 Å². The van der Waals surface area contributed by atoms with Crippen molar-refractivity contribution in [3.63, 3.8) is 0 Å². The molecular formula is C21H26ClN3O2. The largest absolute Gasteiger partial charge is 0.491 e. The Morgan fingerprint density at radius 1 is 1.07 bits per heavy atom. The van der Waals surface area contributed by atoms with Crippen molar-refractivity contribution >= 4 is 23.3 Å². The molecule has 27 heavy (non-hydrogen) atoms. The van der Waals surface area contributed by atoms with Crippen LogP contribution in [0.25, 0.3) is 0 Å². The molecule has 1 aliphatic rings. The maximum atomic E-state index is 12.4. The normalized spacial score (nSPS) is 14.4. The molecule has 0 radical (unpaired) electrons. The molecule has 0 aromatic heterocycles. The maximum absolute atomic E-state index is 12.4. The molecule has 1 heterocycles. The fourth-order valence-corrected chi connectivity index (χ4v) is 3.30. The van der Waals surface area contributed by atoms with E-state index in [0.717, 1.165) is 30.1 Å². The third-order valence-electron chi connectivity index (χ3n) is 4.53. The number of hydrogen-bond acceptors (Lipinski definition) is 3. The maximum Gasteiger partial charge on any atom is 0.317 e. The van der Waals surface area contributed by atoms with E-state index in [4.69, 9.17) is 16.3 Å². The fourth-order valence-electron chi connectivity index (χ4n) is 3.10. The summed E-state index contributed by atoms with van der Waals surface area (Å²) in [5.74, 6) is 0.881. The Hall–Kier alpha value is -2.40. The minimum Gasteiger partial charge on any atom is -0.491 e. The smallest absolute Gasteiger partial charge is 0.317 e. The Bertz CT molecular complexity index is 756. The average Bonchev–Trinajstić information content (AvgIpc) is 2.67. The lowest BCUT2D eigenvalue weighted by Gasteiger charge is -2.36. The molecule has 0 unspecified atom stereocenters. The number of carbonyl (C=O) groups is 1. The number of carbonyl (C=O) groups excluding carboxylic acids is 1. The number of benzene rings is 2. The molecule has 1 saturated heterocycles. The molecule has 3 rings (SSSR count). The van der Waals surface area contributed by atoms with Crippen LogP contribution in [0.2, 0.25) is 5.02 Å². The molecule has 0 atom stereocenters. The van der Waals surface area contributed by atoms with Gasteiger partial charge in [0.15, 0.2) is 0 Å². The first-order valence-corrected chi connectivity index (χ1v) is 9.68. The number of nitrogens with one attached hydrogen (secondary N) is 1. The molecule has 0 aliphatic carbocycles. The van der Waals surface area contributed by atoms with Crippen molar-refractivity contribution in [2.75, 3.05) is 31.1 Å².